The van der Waals surface area contributed by atoms with Crippen LogP contribution in [0.3, 0.4) is 0 Å². The predicted octanol–water partition coefficient (Wildman–Crippen LogP) is 2.69. The van der Waals surface area contributed by atoms with Crippen LogP contribution in [0.4, 0.5) is 4.39 Å². The summed E-state index contributed by atoms with van der Waals surface area (Å²) in [6.45, 7) is 6.17. The topological polar surface area (TPSA) is 21.7 Å². The van der Waals surface area contributed by atoms with Crippen LogP contribution in [0, 0.1) is 5.82 Å². The van der Waals surface area contributed by atoms with E-state index in [2.05, 4.69) is 27.8 Å². The molecule has 0 N–H and O–H groups in total. The summed E-state index contributed by atoms with van der Waals surface area (Å²) in [5, 5.41) is 0. The third-order valence-electron chi connectivity index (χ3n) is 2.94. The molecular weight excluding hydrogens is 301 g/mol. The van der Waals surface area contributed by atoms with Crippen molar-refractivity contribution in [1.82, 2.24) is 4.90 Å². The van der Waals surface area contributed by atoms with Crippen molar-refractivity contribution in [2.45, 2.75) is 13.0 Å². The summed E-state index contributed by atoms with van der Waals surface area (Å²) in [6, 6.07) is 4.54. The van der Waals surface area contributed by atoms with Crippen LogP contribution in [-0.4, -0.2) is 43.9 Å². The number of hydrogen-bond donors (Lipinski definition) is 0. The minimum atomic E-state index is -0.306. The van der Waals surface area contributed by atoms with Gasteiger partial charge in [0.2, 0.25) is 0 Å². The highest BCUT2D eigenvalue weighted by Gasteiger charge is 2.19. The molecule has 5 heteroatoms. The van der Waals surface area contributed by atoms with Gasteiger partial charge in [-0.25, -0.2) is 4.39 Å². The summed E-state index contributed by atoms with van der Waals surface area (Å²) in [5.41, 5.74) is 0. The molecule has 0 bridgehead atoms. The number of halogens is 2. The molecule has 1 aromatic carbocycles. The van der Waals surface area contributed by atoms with Gasteiger partial charge < -0.3 is 9.47 Å². The van der Waals surface area contributed by atoms with Gasteiger partial charge in [-0.05, 0) is 18.7 Å². The molecule has 100 valence electrons. The van der Waals surface area contributed by atoms with Crippen LogP contribution in [-0.2, 0) is 4.74 Å². The molecule has 1 unspecified atom stereocenters. The number of nitrogens with zero attached hydrogens (tertiary/aromatic N) is 1. The number of benzene rings is 1. The van der Waals surface area contributed by atoms with Crippen LogP contribution in [0.15, 0.2) is 22.7 Å². The average molecular weight is 318 g/mol. The van der Waals surface area contributed by atoms with E-state index >= 15 is 0 Å². The lowest BCUT2D eigenvalue weighted by Crippen LogP contribution is -2.44. The molecule has 1 fully saturated rings. The highest BCUT2D eigenvalue weighted by Crippen LogP contribution is 2.21. The van der Waals surface area contributed by atoms with Gasteiger partial charge in [0.1, 0.15) is 24.3 Å². The average Bonchev–Trinajstić information content (AvgIpc) is 2.35. The van der Waals surface area contributed by atoms with Crippen LogP contribution in [0.1, 0.15) is 6.92 Å². The molecule has 1 atom stereocenters. The molecule has 1 saturated heterocycles. The molecule has 1 aliphatic heterocycles. The zero-order chi connectivity index (χ0) is 13.0. The van der Waals surface area contributed by atoms with E-state index in [4.69, 9.17) is 9.47 Å². The minimum absolute atomic E-state index is 0.0562. The van der Waals surface area contributed by atoms with E-state index < -0.39 is 0 Å². The third kappa shape index (κ3) is 3.93. The van der Waals surface area contributed by atoms with Gasteiger partial charge in [0.25, 0.3) is 0 Å². The van der Waals surface area contributed by atoms with Gasteiger partial charge in [0.15, 0.2) is 0 Å². The van der Waals surface area contributed by atoms with Crippen LogP contribution in [0.2, 0.25) is 0 Å². The second-order valence-corrected chi connectivity index (χ2v) is 5.22. The first-order chi connectivity index (χ1) is 8.67. The van der Waals surface area contributed by atoms with Gasteiger partial charge in [0.05, 0.1) is 6.61 Å². The molecule has 1 aliphatic rings. The van der Waals surface area contributed by atoms with E-state index in [0.717, 1.165) is 26.2 Å². The fourth-order valence-electron chi connectivity index (χ4n) is 1.97. The largest absolute Gasteiger partial charge is 0.491 e. The van der Waals surface area contributed by atoms with Crippen LogP contribution in [0.5, 0.6) is 5.75 Å². The number of hydrogen-bond acceptors (Lipinski definition) is 3. The molecule has 2 rings (SSSR count). The van der Waals surface area contributed by atoms with E-state index in [1.54, 1.807) is 6.07 Å². The smallest absolute Gasteiger partial charge is 0.128 e. The molecule has 0 saturated carbocycles. The summed E-state index contributed by atoms with van der Waals surface area (Å²) in [4.78, 5) is 2.32. The quantitative estimate of drug-likeness (QED) is 0.852. The van der Waals surface area contributed by atoms with Gasteiger partial charge in [-0.2, -0.15) is 0 Å². The summed E-state index contributed by atoms with van der Waals surface area (Å²) in [6.07, 6.45) is 0.0562. The van der Waals surface area contributed by atoms with Crippen LogP contribution < -0.4 is 4.74 Å². The Morgan fingerprint density at radius 2 is 2.33 bits per heavy atom. The molecule has 0 spiro atoms. The Morgan fingerprint density at radius 1 is 1.50 bits per heavy atom. The summed E-state index contributed by atoms with van der Waals surface area (Å²) in [7, 11) is 0. The van der Waals surface area contributed by atoms with E-state index in [0.29, 0.717) is 16.8 Å². The molecule has 0 radical (unpaired) electrons. The van der Waals surface area contributed by atoms with Crippen molar-refractivity contribution in [3.8, 4) is 5.75 Å². The van der Waals surface area contributed by atoms with Gasteiger partial charge in [0, 0.05) is 23.6 Å². The number of likely N-dealkylation sites (N-methyl/N-ethyl adjacent to an activating group) is 1. The fourth-order valence-corrected chi connectivity index (χ4v) is 2.41. The Hall–Kier alpha value is -0.650. The van der Waals surface area contributed by atoms with E-state index in [1.165, 1.54) is 12.1 Å². The maximum Gasteiger partial charge on any atom is 0.128 e. The molecule has 0 aromatic heterocycles. The normalized spacial score (nSPS) is 20.9. The first kappa shape index (κ1) is 13.8. The van der Waals surface area contributed by atoms with Crippen molar-refractivity contribution in [1.29, 1.82) is 0 Å². The van der Waals surface area contributed by atoms with Crippen molar-refractivity contribution in [2.24, 2.45) is 0 Å². The molecular formula is C13H17BrFNO2. The van der Waals surface area contributed by atoms with E-state index in [9.17, 15) is 4.39 Å². The molecule has 1 heterocycles. The number of ether oxygens (including phenoxy) is 2. The monoisotopic (exact) mass is 317 g/mol. The lowest BCUT2D eigenvalue weighted by molar-refractivity contribution is -0.0464. The zero-order valence-electron chi connectivity index (χ0n) is 10.4. The lowest BCUT2D eigenvalue weighted by Gasteiger charge is -2.31. The Morgan fingerprint density at radius 3 is 3.06 bits per heavy atom. The highest BCUT2D eigenvalue weighted by atomic mass is 79.9. The Balaban J connectivity index is 1.87. The SMILES string of the molecule is CCN1CCOC(COc2cc(F)cc(Br)c2)C1. The third-order valence-corrected chi connectivity index (χ3v) is 3.40. The Kier molecular flexibility index (Phi) is 4.97. The lowest BCUT2D eigenvalue weighted by atomic mass is 10.3. The molecule has 18 heavy (non-hydrogen) atoms. The zero-order valence-corrected chi connectivity index (χ0v) is 12.0. The number of morpholine rings is 1. The standard InChI is InChI=1S/C13H17BrFNO2/c1-2-16-3-4-17-13(8-16)9-18-12-6-10(14)5-11(15)7-12/h5-7,13H,2-4,8-9H2,1H3. The van der Waals surface area contributed by atoms with Crippen molar-refractivity contribution in [2.75, 3.05) is 32.8 Å². The van der Waals surface area contributed by atoms with Gasteiger partial charge in [-0.15, -0.1) is 0 Å². The Labute approximate surface area is 115 Å². The molecule has 0 amide bonds. The second-order valence-electron chi connectivity index (χ2n) is 4.30. The van der Waals surface area contributed by atoms with Crippen LogP contribution in [0.25, 0.3) is 0 Å². The molecule has 0 aliphatic carbocycles. The van der Waals surface area contributed by atoms with Gasteiger partial charge in [-0.3, -0.25) is 4.90 Å². The van der Waals surface area contributed by atoms with Gasteiger partial charge >= 0.3 is 0 Å². The first-order valence-electron chi connectivity index (χ1n) is 6.10. The van der Waals surface area contributed by atoms with E-state index in [1.807, 2.05) is 0 Å². The molecule has 3 nitrogen and oxygen atoms in total. The highest BCUT2D eigenvalue weighted by molar-refractivity contribution is 9.10. The summed E-state index contributed by atoms with van der Waals surface area (Å²) < 4.78 is 25.0. The number of rotatable bonds is 4. The summed E-state index contributed by atoms with van der Waals surface area (Å²) in [5.74, 6) is 0.221. The van der Waals surface area contributed by atoms with Crippen molar-refractivity contribution in [3.05, 3.63) is 28.5 Å². The Bertz CT molecular complexity index is 382. The van der Waals surface area contributed by atoms with Crippen molar-refractivity contribution >= 4 is 15.9 Å². The maximum atomic E-state index is 13.2. The predicted molar refractivity (Wildman–Crippen MR) is 71.4 cm³/mol. The van der Waals surface area contributed by atoms with Crippen LogP contribution >= 0.6 is 15.9 Å². The van der Waals surface area contributed by atoms with Crippen molar-refractivity contribution in [3.63, 3.8) is 0 Å². The maximum absolute atomic E-state index is 13.2. The second kappa shape index (κ2) is 6.50. The van der Waals surface area contributed by atoms with Crippen molar-refractivity contribution < 1.29 is 13.9 Å². The molecule has 1 aromatic rings. The minimum Gasteiger partial charge on any atom is -0.491 e. The van der Waals surface area contributed by atoms with E-state index in [-0.39, 0.29) is 11.9 Å². The summed E-state index contributed by atoms with van der Waals surface area (Å²) >= 11 is 3.24. The fraction of sp³-hybridized carbons (Fsp3) is 0.538. The van der Waals surface area contributed by atoms with Gasteiger partial charge in [-0.1, -0.05) is 22.9 Å². The first-order valence-corrected chi connectivity index (χ1v) is 6.89.